The maximum Gasteiger partial charge on any atom is 0.261 e. The molecule has 0 unspecified atom stereocenters. The first-order valence-corrected chi connectivity index (χ1v) is 11.0. The topological polar surface area (TPSA) is 53.1 Å². The van der Waals surface area contributed by atoms with E-state index in [0.29, 0.717) is 42.8 Å². The van der Waals surface area contributed by atoms with Crippen LogP contribution in [0, 0.1) is 6.67 Å². The number of ether oxygens (including phenoxy) is 1. The van der Waals surface area contributed by atoms with Crippen molar-refractivity contribution in [2.24, 2.45) is 0 Å². The summed E-state index contributed by atoms with van der Waals surface area (Å²) in [4.78, 5) is 30.5. The van der Waals surface area contributed by atoms with E-state index < -0.39 is 0 Å². The number of amides is 2. The molecular formula is C25H29N3O3. The number of carbonyl (C=O) groups excluding carboxylic acids is 2. The Labute approximate surface area is 184 Å². The molecule has 0 N–H and O–H groups in total. The third-order valence-electron chi connectivity index (χ3n) is 5.64. The molecule has 2 aromatic carbocycles. The Balaban J connectivity index is 1.31. The molecule has 2 radical (unpaired) electrons. The van der Waals surface area contributed by atoms with Crippen molar-refractivity contribution in [3.05, 3.63) is 60.3 Å². The fraction of sp³-hybridized carbons (Fsp3) is 0.400. The van der Waals surface area contributed by atoms with Crippen LogP contribution in [0.15, 0.2) is 42.5 Å². The number of fused-ring (bicyclic) bond motifs is 2. The molecule has 2 aromatic rings. The SMILES string of the molecule is CC(C)N1[C]N(C(C)C)c2cc(OCCCCN3C(=O)c4ccccc4C3=O)ccc21. The maximum absolute atomic E-state index is 12.4. The van der Waals surface area contributed by atoms with Gasteiger partial charge in [0.25, 0.3) is 11.8 Å². The van der Waals surface area contributed by atoms with Crippen molar-refractivity contribution >= 4 is 23.2 Å². The van der Waals surface area contributed by atoms with Crippen LogP contribution in [0.1, 0.15) is 61.3 Å². The summed E-state index contributed by atoms with van der Waals surface area (Å²) in [5.41, 5.74) is 3.25. The highest BCUT2D eigenvalue weighted by atomic mass is 16.5. The molecule has 0 atom stereocenters. The zero-order valence-electron chi connectivity index (χ0n) is 18.6. The number of imide groups is 1. The molecular weight excluding hydrogens is 390 g/mol. The Hall–Kier alpha value is -3.02. The Kier molecular flexibility index (Phi) is 5.90. The minimum Gasteiger partial charge on any atom is -0.494 e. The van der Waals surface area contributed by atoms with Gasteiger partial charge < -0.3 is 14.5 Å². The fourth-order valence-corrected chi connectivity index (χ4v) is 4.00. The molecule has 0 fully saturated rings. The summed E-state index contributed by atoms with van der Waals surface area (Å²) in [6.07, 6.45) is 1.46. The van der Waals surface area contributed by atoms with Gasteiger partial charge in [0.1, 0.15) is 5.75 Å². The maximum atomic E-state index is 12.4. The summed E-state index contributed by atoms with van der Waals surface area (Å²) in [6.45, 7) is 13.0. The van der Waals surface area contributed by atoms with Gasteiger partial charge in [0, 0.05) is 24.7 Å². The van der Waals surface area contributed by atoms with E-state index in [4.69, 9.17) is 4.74 Å². The zero-order chi connectivity index (χ0) is 22.1. The molecule has 0 saturated heterocycles. The number of anilines is 2. The highest BCUT2D eigenvalue weighted by Gasteiger charge is 2.34. The molecule has 31 heavy (non-hydrogen) atoms. The molecule has 0 aromatic heterocycles. The van der Waals surface area contributed by atoms with Crippen molar-refractivity contribution in [1.82, 2.24) is 4.90 Å². The van der Waals surface area contributed by atoms with Crippen LogP contribution in [0.25, 0.3) is 0 Å². The number of rotatable bonds is 8. The second-order valence-corrected chi connectivity index (χ2v) is 8.54. The molecule has 4 rings (SSSR count). The van der Waals surface area contributed by atoms with Crippen molar-refractivity contribution in [2.45, 2.75) is 52.6 Å². The van der Waals surface area contributed by atoms with Gasteiger partial charge in [-0.2, -0.15) is 0 Å². The van der Waals surface area contributed by atoms with Gasteiger partial charge in [-0.15, -0.1) is 0 Å². The Morgan fingerprint density at radius 3 is 2.06 bits per heavy atom. The van der Waals surface area contributed by atoms with Gasteiger partial charge in [-0.3, -0.25) is 14.5 Å². The molecule has 0 aliphatic carbocycles. The van der Waals surface area contributed by atoms with E-state index in [2.05, 4.69) is 56.3 Å². The predicted octanol–water partition coefficient (Wildman–Crippen LogP) is 4.58. The lowest BCUT2D eigenvalue weighted by molar-refractivity contribution is 0.0649. The van der Waals surface area contributed by atoms with Crippen LogP contribution >= 0.6 is 0 Å². The molecule has 0 saturated carbocycles. The van der Waals surface area contributed by atoms with Gasteiger partial charge in [0.15, 0.2) is 0 Å². The zero-order valence-corrected chi connectivity index (χ0v) is 18.6. The Morgan fingerprint density at radius 1 is 0.839 bits per heavy atom. The highest BCUT2D eigenvalue weighted by Crippen LogP contribution is 2.42. The number of unbranched alkanes of at least 4 members (excludes halogenated alkanes) is 1. The Bertz CT molecular complexity index is 951. The second-order valence-electron chi connectivity index (χ2n) is 8.54. The standard InChI is InChI=1S/C25H29N3O3/c1-17(2)27-16-28(18(3)4)23-15-19(11-12-22(23)27)31-14-8-7-13-26-24(29)20-9-5-6-10-21(20)25(26)30/h5-6,9-12,15,17-18H,7-8,13-14H2,1-4H3. The Morgan fingerprint density at radius 2 is 1.45 bits per heavy atom. The molecule has 2 amide bonds. The van der Waals surface area contributed by atoms with Gasteiger partial charge in [0.2, 0.25) is 6.67 Å². The first-order valence-electron chi connectivity index (χ1n) is 11.0. The minimum absolute atomic E-state index is 0.198. The minimum atomic E-state index is -0.198. The number of hydrogen-bond acceptors (Lipinski definition) is 5. The average Bonchev–Trinajstić information content (AvgIpc) is 3.25. The van der Waals surface area contributed by atoms with Crippen LogP contribution in [-0.2, 0) is 0 Å². The van der Waals surface area contributed by atoms with E-state index in [1.165, 1.54) is 4.90 Å². The number of nitrogens with zero attached hydrogens (tertiary/aromatic N) is 3. The highest BCUT2D eigenvalue weighted by molar-refractivity contribution is 6.21. The molecule has 6 heteroatoms. The summed E-state index contributed by atoms with van der Waals surface area (Å²) in [5.74, 6) is 0.421. The first kappa shape index (κ1) is 21.2. The van der Waals surface area contributed by atoms with Crippen molar-refractivity contribution < 1.29 is 14.3 Å². The van der Waals surface area contributed by atoms with Crippen LogP contribution in [0.2, 0.25) is 0 Å². The van der Waals surface area contributed by atoms with Gasteiger partial charge in [-0.25, -0.2) is 0 Å². The molecule has 2 heterocycles. The number of carbonyl (C=O) groups is 2. The van der Waals surface area contributed by atoms with E-state index in [1.807, 2.05) is 6.07 Å². The second kappa shape index (κ2) is 8.61. The van der Waals surface area contributed by atoms with E-state index in [1.54, 1.807) is 24.3 Å². The van der Waals surface area contributed by atoms with Gasteiger partial charge >= 0.3 is 0 Å². The van der Waals surface area contributed by atoms with Crippen LogP contribution in [0.4, 0.5) is 11.4 Å². The molecule has 2 aliphatic heterocycles. The third-order valence-corrected chi connectivity index (χ3v) is 5.64. The van der Waals surface area contributed by atoms with Gasteiger partial charge in [-0.05, 0) is 64.8 Å². The lowest BCUT2D eigenvalue weighted by Gasteiger charge is -2.24. The summed E-state index contributed by atoms with van der Waals surface area (Å²) in [7, 11) is 0. The van der Waals surface area contributed by atoms with E-state index >= 15 is 0 Å². The quantitative estimate of drug-likeness (QED) is 0.463. The average molecular weight is 420 g/mol. The lowest BCUT2D eigenvalue weighted by Crippen LogP contribution is -2.33. The van der Waals surface area contributed by atoms with Crippen molar-refractivity contribution in [3.8, 4) is 5.75 Å². The summed E-state index contributed by atoms with van der Waals surface area (Å²) in [6, 6.07) is 13.8. The van der Waals surface area contributed by atoms with Crippen LogP contribution in [0.5, 0.6) is 5.75 Å². The number of benzene rings is 2. The van der Waals surface area contributed by atoms with Crippen LogP contribution < -0.4 is 14.5 Å². The van der Waals surface area contributed by atoms with E-state index in [9.17, 15) is 9.59 Å². The predicted molar refractivity (Wildman–Crippen MR) is 121 cm³/mol. The smallest absolute Gasteiger partial charge is 0.261 e. The fourth-order valence-electron chi connectivity index (χ4n) is 4.00. The molecule has 0 bridgehead atoms. The van der Waals surface area contributed by atoms with Crippen molar-refractivity contribution in [3.63, 3.8) is 0 Å². The van der Waals surface area contributed by atoms with E-state index in [-0.39, 0.29) is 11.8 Å². The normalized spacial score (nSPS) is 15.4. The monoisotopic (exact) mass is 419 g/mol. The third kappa shape index (κ3) is 3.99. The van der Waals surface area contributed by atoms with Crippen molar-refractivity contribution in [1.29, 1.82) is 0 Å². The molecule has 6 nitrogen and oxygen atoms in total. The van der Waals surface area contributed by atoms with Crippen molar-refractivity contribution in [2.75, 3.05) is 23.0 Å². The largest absolute Gasteiger partial charge is 0.494 e. The van der Waals surface area contributed by atoms with Crippen LogP contribution in [0.3, 0.4) is 0 Å². The molecule has 2 aliphatic rings. The lowest BCUT2D eigenvalue weighted by atomic mass is 10.1. The van der Waals surface area contributed by atoms with Crippen LogP contribution in [-0.4, -0.2) is 41.9 Å². The van der Waals surface area contributed by atoms with Gasteiger partial charge in [0.05, 0.1) is 29.1 Å². The van der Waals surface area contributed by atoms with Gasteiger partial charge in [-0.1, -0.05) is 12.1 Å². The molecule has 0 spiro atoms. The first-order chi connectivity index (χ1) is 14.9. The summed E-state index contributed by atoms with van der Waals surface area (Å²) < 4.78 is 5.97. The molecule has 162 valence electrons. The summed E-state index contributed by atoms with van der Waals surface area (Å²) in [5, 5.41) is 0. The number of hydrogen-bond donors (Lipinski definition) is 0. The van der Waals surface area contributed by atoms with E-state index in [0.717, 1.165) is 23.5 Å². The summed E-state index contributed by atoms with van der Waals surface area (Å²) >= 11 is 0.